The summed E-state index contributed by atoms with van der Waals surface area (Å²) in [6.07, 6.45) is 0. The van der Waals surface area contributed by atoms with E-state index in [0.717, 1.165) is 0 Å². The number of rotatable bonds is 4. The minimum absolute atomic E-state index is 0.0882. The van der Waals surface area contributed by atoms with Gasteiger partial charge in [0.05, 0.1) is 6.61 Å². The van der Waals surface area contributed by atoms with Crippen LogP contribution in [0, 0.1) is 0 Å². The summed E-state index contributed by atoms with van der Waals surface area (Å²) in [6.45, 7) is -0.161. The number of ether oxygens (including phenoxy) is 1. The van der Waals surface area contributed by atoms with Crippen molar-refractivity contribution >= 4 is 5.97 Å². The van der Waals surface area contributed by atoms with E-state index in [1.165, 1.54) is 6.07 Å². The molecule has 4 heteroatoms. The van der Waals surface area contributed by atoms with E-state index in [2.05, 4.69) is 0 Å². The molecule has 0 radical (unpaired) electrons. The Balaban J connectivity index is 2.37. The number of carboxylic acids is 1. The van der Waals surface area contributed by atoms with Crippen molar-refractivity contribution in [1.82, 2.24) is 0 Å². The van der Waals surface area contributed by atoms with E-state index in [4.69, 9.17) is 9.84 Å². The van der Waals surface area contributed by atoms with Crippen LogP contribution < -0.4 is 4.74 Å². The fraction of sp³-hybridized carbons (Fsp3) is 0.0714. The van der Waals surface area contributed by atoms with E-state index < -0.39 is 5.97 Å². The molecule has 4 nitrogen and oxygen atoms in total. The van der Waals surface area contributed by atoms with E-state index in [1.54, 1.807) is 42.5 Å². The monoisotopic (exact) mass is 244 g/mol. The topological polar surface area (TPSA) is 66.8 Å². The standard InChI is InChI=1S/C14H12O4/c15-9-10-5-1-3-7-12(10)18-13-8-4-2-6-11(13)14(16)17/h1-8,15H,9H2,(H,16,17). The molecule has 0 atom stereocenters. The highest BCUT2D eigenvalue weighted by atomic mass is 16.5. The van der Waals surface area contributed by atoms with Crippen LogP contribution in [0.1, 0.15) is 15.9 Å². The molecule has 0 spiro atoms. The zero-order valence-corrected chi connectivity index (χ0v) is 9.54. The summed E-state index contributed by atoms with van der Waals surface area (Å²) < 4.78 is 5.55. The Morgan fingerprint density at radius 2 is 1.61 bits per heavy atom. The lowest BCUT2D eigenvalue weighted by Crippen LogP contribution is -2.00. The molecule has 0 aromatic heterocycles. The van der Waals surface area contributed by atoms with Crippen molar-refractivity contribution in [2.75, 3.05) is 0 Å². The Morgan fingerprint density at radius 1 is 1.00 bits per heavy atom. The molecule has 0 aliphatic heterocycles. The molecule has 2 aromatic carbocycles. The van der Waals surface area contributed by atoms with Crippen LogP contribution in [0.5, 0.6) is 11.5 Å². The molecule has 18 heavy (non-hydrogen) atoms. The molecule has 0 bridgehead atoms. The van der Waals surface area contributed by atoms with Gasteiger partial charge in [-0.3, -0.25) is 0 Å². The normalized spacial score (nSPS) is 10.1. The number of carboxylic acid groups (broad SMARTS) is 1. The Morgan fingerprint density at radius 3 is 2.28 bits per heavy atom. The predicted octanol–water partition coefficient (Wildman–Crippen LogP) is 2.67. The van der Waals surface area contributed by atoms with Crippen LogP contribution in [-0.2, 0) is 6.61 Å². The maximum atomic E-state index is 11.0. The number of para-hydroxylation sites is 2. The Hall–Kier alpha value is -2.33. The minimum atomic E-state index is -1.05. The molecule has 0 amide bonds. The number of aromatic carboxylic acids is 1. The molecule has 92 valence electrons. The highest BCUT2D eigenvalue weighted by molar-refractivity contribution is 5.90. The number of benzene rings is 2. The first-order chi connectivity index (χ1) is 8.72. The summed E-state index contributed by atoms with van der Waals surface area (Å²) in [5.74, 6) is -0.341. The maximum absolute atomic E-state index is 11.0. The molecule has 2 aromatic rings. The minimum Gasteiger partial charge on any atom is -0.478 e. The summed E-state index contributed by atoms with van der Waals surface area (Å²) >= 11 is 0. The number of carbonyl (C=O) groups is 1. The molecule has 0 aliphatic carbocycles. The van der Waals surface area contributed by atoms with E-state index in [9.17, 15) is 9.90 Å². The quantitative estimate of drug-likeness (QED) is 0.867. The summed E-state index contributed by atoms with van der Waals surface area (Å²) in [5, 5.41) is 18.2. The lowest BCUT2D eigenvalue weighted by atomic mass is 10.2. The van der Waals surface area contributed by atoms with Gasteiger partial charge in [0.25, 0.3) is 0 Å². The predicted molar refractivity (Wildman–Crippen MR) is 65.8 cm³/mol. The van der Waals surface area contributed by atoms with Gasteiger partial charge < -0.3 is 14.9 Å². The summed E-state index contributed by atoms with van der Waals surface area (Å²) in [6, 6.07) is 13.3. The first-order valence-electron chi connectivity index (χ1n) is 5.41. The van der Waals surface area contributed by atoms with Crippen molar-refractivity contribution in [2.45, 2.75) is 6.61 Å². The second-order valence-corrected chi connectivity index (χ2v) is 3.67. The lowest BCUT2D eigenvalue weighted by molar-refractivity contribution is 0.0694. The van der Waals surface area contributed by atoms with Crippen LogP contribution in [0.2, 0.25) is 0 Å². The first kappa shape index (κ1) is 12.1. The van der Waals surface area contributed by atoms with Crippen molar-refractivity contribution in [3.05, 3.63) is 59.7 Å². The average molecular weight is 244 g/mol. The van der Waals surface area contributed by atoms with Crippen molar-refractivity contribution in [3.63, 3.8) is 0 Å². The number of hydrogen-bond acceptors (Lipinski definition) is 3. The van der Waals surface area contributed by atoms with Gasteiger partial charge in [0, 0.05) is 5.56 Å². The number of aliphatic hydroxyl groups excluding tert-OH is 1. The SMILES string of the molecule is O=C(O)c1ccccc1Oc1ccccc1CO. The molecule has 2 N–H and O–H groups in total. The second-order valence-electron chi connectivity index (χ2n) is 3.67. The molecule has 2 rings (SSSR count). The average Bonchev–Trinajstić information content (AvgIpc) is 2.40. The smallest absolute Gasteiger partial charge is 0.339 e. The molecule has 0 saturated carbocycles. The number of hydrogen-bond donors (Lipinski definition) is 2. The number of aliphatic hydroxyl groups is 1. The molecular weight excluding hydrogens is 232 g/mol. The van der Waals surface area contributed by atoms with Crippen LogP contribution in [0.15, 0.2) is 48.5 Å². The highest BCUT2D eigenvalue weighted by Crippen LogP contribution is 2.28. The van der Waals surface area contributed by atoms with Gasteiger partial charge in [-0.2, -0.15) is 0 Å². The fourth-order valence-electron chi connectivity index (χ4n) is 1.58. The van der Waals surface area contributed by atoms with Crippen LogP contribution >= 0.6 is 0 Å². The maximum Gasteiger partial charge on any atom is 0.339 e. The summed E-state index contributed by atoms with van der Waals surface area (Å²) in [5.41, 5.74) is 0.697. The molecular formula is C14H12O4. The van der Waals surface area contributed by atoms with E-state index in [-0.39, 0.29) is 17.9 Å². The van der Waals surface area contributed by atoms with Gasteiger partial charge in [-0.1, -0.05) is 30.3 Å². The van der Waals surface area contributed by atoms with Crippen molar-refractivity contribution in [3.8, 4) is 11.5 Å². The molecule has 0 aliphatic rings. The fourth-order valence-corrected chi connectivity index (χ4v) is 1.58. The van der Waals surface area contributed by atoms with E-state index >= 15 is 0 Å². The molecule has 0 saturated heterocycles. The van der Waals surface area contributed by atoms with Crippen LogP contribution in [0.4, 0.5) is 0 Å². The summed E-state index contributed by atoms with van der Waals surface area (Å²) in [7, 11) is 0. The molecule has 0 unspecified atom stereocenters. The third-order valence-electron chi connectivity index (χ3n) is 2.48. The van der Waals surface area contributed by atoms with E-state index in [1.807, 2.05) is 0 Å². The van der Waals surface area contributed by atoms with Gasteiger partial charge in [0.1, 0.15) is 17.1 Å². The van der Waals surface area contributed by atoms with Gasteiger partial charge in [0.2, 0.25) is 0 Å². The Labute approximate surface area is 104 Å². The first-order valence-corrected chi connectivity index (χ1v) is 5.41. The van der Waals surface area contributed by atoms with Crippen LogP contribution in [0.3, 0.4) is 0 Å². The van der Waals surface area contributed by atoms with Gasteiger partial charge in [-0.15, -0.1) is 0 Å². The van der Waals surface area contributed by atoms with Crippen LogP contribution in [0.25, 0.3) is 0 Å². The third-order valence-corrected chi connectivity index (χ3v) is 2.48. The van der Waals surface area contributed by atoms with E-state index in [0.29, 0.717) is 11.3 Å². The molecule has 0 fully saturated rings. The molecule has 0 heterocycles. The Bertz CT molecular complexity index is 563. The summed E-state index contributed by atoms with van der Waals surface area (Å²) in [4.78, 5) is 11.0. The third kappa shape index (κ3) is 2.49. The largest absolute Gasteiger partial charge is 0.478 e. The van der Waals surface area contributed by atoms with Gasteiger partial charge in [-0.05, 0) is 18.2 Å². The van der Waals surface area contributed by atoms with Crippen molar-refractivity contribution in [1.29, 1.82) is 0 Å². The van der Waals surface area contributed by atoms with Crippen molar-refractivity contribution < 1.29 is 19.7 Å². The lowest BCUT2D eigenvalue weighted by Gasteiger charge is -2.11. The highest BCUT2D eigenvalue weighted by Gasteiger charge is 2.12. The zero-order valence-electron chi connectivity index (χ0n) is 9.54. The van der Waals surface area contributed by atoms with Gasteiger partial charge >= 0.3 is 5.97 Å². The van der Waals surface area contributed by atoms with Gasteiger partial charge in [0.15, 0.2) is 0 Å². The van der Waals surface area contributed by atoms with Crippen LogP contribution in [-0.4, -0.2) is 16.2 Å². The van der Waals surface area contributed by atoms with Crippen molar-refractivity contribution in [2.24, 2.45) is 0 Å². The van der Waals surface area contributed by atoms with Gasteiger partial charge in [-0.25, -0.2) is 4.79 Å². The zero-order chi connectivity index (χ0) is 13.0. The second kappa shape index (κ2) is 5.33. The Kier molecular flexibility index (Phi) is 3.60.